The lowest BCUT2D eigenvalue weighted by atomic mass is 9.68. The fourth-order valence-electron chi connectivity index (χ4n) is 6.37. The van der Waals surface area contributed by atoms with Gasteiger partial charge in [-0.3, -0.25) is 9.69 Å². The van der Waals surface area contributed by atoms with Crippen LogP contribution in [-0.2, 0) is 16.8 Å². The lowest BCUT2D eigenvalue weighted by Crippen LogP contribution is -2.50. The van der Waals surface area contributed by atoms with Gasteiger partial charge in [0.15, 0.2) is 0 Å². The van der Waals surface area contributed by atoms with Gasteiger partial charge >= 0.3 is 0 Å². The Hall–Kier alpha value is -2.13. The number of hydrogen-bond acceptors (Lipinski definition) is 2. The van der Waals surface area contributed by atoms with Crippen LogP contribution in [0.25, 0.3) is 0 Å². The van der Waals surface area contributed by atoms with Crippen LogP contribution in [0.5, 0.6) is 0 Å². The molecule has 1 heterocycles. The Balaban J connectivity index is 1.28. The van der Waals surface area contributed by atoms with E-state index in [9.17, 15) is 4.79 Å². The molecule has 158 valence electrons. The Kier molecular flexibility index (Phi) is 5.64. The molecule has 2 saturated carbocycles. The molecule has 2 aromatic rings. The highest BCUT2D eigenvalue weighted by molar-refractivity contribution is 5.88. The summed E-state index contributed by atoms with van der Waals surface area (Å²) < 4.78 is 0. The fraction of sp³-hybridized carbons (Fsp3) is 0.519. The van der Waals surface area contributed by atoms with Crippen molar-refractivity contribution in [3.8, 4) is 0 Å². The predicted octanol–water partition coefficient (Wildman–Crippen LogP) is 4.92. The standard InChI is InChI=1S/C27H34N2O/c30-26(27(16-8-3-9-17-27)23-12-6-2-7-13-23)28-25-15-14-22-19-29(20-24(22)25)18-21-10-4-1-5-11-21/h1-2,4-7,10-13,22,24-25H,3,8-9,14-20H2,(H,28,30)/t22-,24-,25-/m1/s1. The molecule has 0 unspecified atom stereocenters. The fourth-order valence-corrected chi connectivity index (χ4v) is 6.37. The summed E-state index contributed by atoms with van der Waals surface area (Å²) in [6.07, 6.45) is 7.94. The van der Waals surface area contributed by atoms with E-state index in [0.717, 1.165) is 51.1 Å². The summed E-state index contributed by atoms with van der Waals surface area (Å²) in [4.78, 5) is 16.3. The average molecular weight is 403 g/mol. The van der Waals surface area contributed by atoms with Crippen LogP contribution in [-0.4, -0.2) is 29.9 Å². The van der Waals surface area contributed by atoms with E-state index in [1.54, 1.807) is 0 Å². The van der Waals surface area contributed by atoms with Crippen LogP contribution >= 0.6 is 0 Å². The molecule has 3 aliphatic rings. The number of amides is 1. The van der Waals surface area contributed by atoms with Crippen molar-refractivity contribution in [1.29, 1.82) is 0 Å². The van der Waals surface area contributed by atoms with Crippen molar-refractivity contribution in [1.82, 2.24) is 10.2 Å². The minimum atomic E-state index is -0.320. The Labute approximate surface area is 180 Å². The number of fused-ring (bicyclic) bond motifs is 1. The van der Waals surface area contributed by atoms with Crippen molar-refractivity contribution >= 4 is 5.91 Å². The van der Waals surface area contributed by atoms with Crippen LogP contribution in [0.1, 0.15) is 56.1 Å². The van der Waals surface area contributed by atoms with E-state index in [-0.39, 0.29) is 5.41 Å². The first-order valence-electron chi connectivity index (χ1n) is 11.9. The van der Waals surface area contributed by atoms with Crippen LogP contribution < -0.4 is 5.32 Å². The molecule has 0 spiro atoms. The van der Waals surface area contributed by atoms with Crippen LogP contribution in [0.3, 0.4) is 0 Å². The van der Waals surface area contributed by atoms with Gasteiger partial charge in [0, 0.05) is 25.7 Å². The SMILES string of the molecule is O=C(N[C@@H]1CC[C@@H]2CN(Cc3ccccc3)C[C@H]21)C1(c2ccccc2)CCCCC1. The molecule has 0 aromatic heterocycles. The van der Waals surface area contributed by atoms with Crippen molar-refractivity contribution in [3.05, 3.63) is 71.8 Å². The molecule has 5 rings (SSSR count). The second kappa shape index (κ2) is 8.55. The topological polar surface area (TPSA) is 32.3 Å². The van der Waals surface area contributed by atoms with Crippen molar-refractivity contribution in [2.45, 2.75) is 62.9 Å². The molecule has 1 aliphatic heterocycles. The highest BCUT2D eigenvalue weighted by Gasteiger charge is 2.46. The second-order valence-electron chi connectivity index (χ2n) is 9.77. The van der Waals surface area contributed by atoms with Crippen LogP contribution in [0.4, 0.5) is 0 Å². The van der Waals surface area contributed by atoms with Gasteiger partial charge in [-0.1, -0.05) is 79.9 Å². The van der Waals surface area contributed by atoms with E-state index in [4.69, 9.17) is 0 Å². The zero-order valence-electron chi connectivity index (χ0n) is 17.9. The third kappa shape index (κ3) is 3.80. The Morgan fingerprint density at radius 1 is 0.900 bits per heavy atom. The maximum absolute atomic E-state index is 13.7. The molecule has 3 atom stereocenters. The number of nitrogens with one attached hydrogen (secondary N) is 1. The number of rotatable bonds is 5. The van der Waals surface area contributed by atoms with Crippen LogP contribution in [0.2, 0.25) is 0 Å². The van der Waals surface area contributed by atoms with E-state index in [0.29, 0.717) is 17.9 Å². The van der Waals surface area contributed by atoms with Gasteiger partial charge in [0.25, 0.3) is 0 Å². The number of carbonyl (C=O) groups excluding carboxylic acids is 1. The summed E-state index contributed by atoms with van der Waals surface area (Å²) in [7, 11) is 0. The zero-order valence-corrected chi connectivity index (χ0v) is 17.9. The first kappa shape index (κ1) is 19.8. The number of nitrogens with zero attached hydrogens (tertiary/aromatic N) is 1. The molecule has 0 bridgehead atoms. The molecule has 3 nitrogen and oxygen atoms in total. The van der Waals surface area contributed by atoms with Gasteiger partial charge in [-0.2, -0.15) is 0 Å². The van der Waals surface area contributed by atoms with Crippen molar-refractivity contribution in [3.63, 3.8) is 0 Å². The van der Waals surface area contributed by atoms with Gasteiger partial charge in [-0.15, -0.1) is 0 Å². The number of likely N-dealkylation sites (tertiary alicyclic amines) is 1. The summed E-state index contributed by atoms with van der Waals surface area (Å²) in [6, 6.07) is 21.7. The summed E-state index contributed by atoms with van der Waals surface area (Å²) >= 11 is 0. The molecular weight excluding hydrogens is 368 g/mol. The largest absolute Gasteiger partial charge is 0.352 e. The third-order valence-corrected chi connectivity index (χ3v) is 7.97. The molecule has 1 saturated heterocycles. The van der Waals surface area contributed by atoms with E-state index < -0.39 is 0 Å². The quantitative estimate of drug-likeness (QED) is 0.770. The maximum Gasteiger partial charge on any atom is 0.230 e. The molecule has 1 N–H and O–H groups in total. The summed E-state index contributed by atoms with van der Waals surface area (Å²) in [5.74, 6) is 1.63. The highest BCUT2D eigenvalue weighted by atomic mass is 16.2. The molecule has 2 aromatic carbocycles. The molecule has 30 heavy (non-hydrogen) atoms. The maximum atomic E-state index is 13.7. The molecular formula is C27H34N2O. The highest BCUT2D eigenvalue weighted by Crippen LogP contribution is 2.42. The summed E-state index contributed by atoms with van der Waals surface area (Å²) in [5.41, 5.74) is 2.29. The molecule has 0 radical (unpaired) electrons. The number of benzene rings is 2. The van der Waals surface area contributed by atoms with E-state index in [1.165, 1.54) is 30.5 Å². The summed E-state index contributed by atoms with van der Waals surface area (Å²) in [6.45, 7) is 3.32. The Bertz CT molecular complexity index is 844. The van der Waals surface area contributed by atoms with E-state index in [1.807, 2.05) is 0 Å². The molecule has 1 amide bonds. The lowest BCUT2D eigenvalue weighted by molar-refractivity contribution is -0.129. The van der Waals surface area contributed by atoms with Crippen molar-refractivity contribution in [2.75, 3.05) is 13.1 Å². The number of hydrogen-bond donors (Lipinski definition) is 1. The minimum Gasteiger partial charge on any atom is -0.352 e. The molecule has 2 aliphatic carbocycles. The van der Waals surface area contributed by atoms with E-state index in [2.05, 4.69) is 70.9 Å². The Morgan fingerprint density at radius 3 is 2.33 bits per heavy atom. The lowest BCUT2D eigenvalue weighted by Gasteiger charge is -2.38. The normalized spacial score (nSPS) is 28.2. The minimum absolute atomic E-state index is 0.292. The van der Waals surface area contributed by atoms with Crippen molar-refractivity contribution in [2.24, 2.45) is 11.8 Å². The monoisotopic (exact) mass is 402 g/mol. The van der Waals surface area contributed by atoms with Crippen LogP contribution in [0.15, 0.2) is 60.7 Å². The van der Waals surface area contributed by atoms with Gasteiger partial charge < -0.3 is 5.32 Å². The smallest absolute Gasteiger partial charge is 0.230 e. The second-order valence-corrected chi connectivity index (χ2v) is 9.77. The van der Waals surface area contributed by atoms with Gasteiger partial charge in [0.05, 0.1) is 5.41 Å². The molecule has 3 fully saturated rings. The van der Waals surface area contributed by atoms with E-state index >= 15 is 0 Å². The van der Waals surface area contributed by atoms with Gasteiger partial charge in [0.2, 0.25) is 5.91 Å². The first-order valence-corrected chi connectivity index (χ1v) is 11.9. The Morgan fingerprint density at radius 2 is 1.60 bits per heavy atom. The molecule has 3 heteroatoms. The average Bonchev–Trinajstić information content (AvgIpc) is 3.36. The van der Waals surface area contributed by atoms with Crippen molar-refractivity contribution < 1.29 is 4.79 Å². The van der Waals surface area contributed by atoms with Crippen LogP contribution in [0, 0.1) is 11.8 Å². The zero-order chi connectivity index (χ0) is 20.4. The number of carbonyl (C=O) groups is 1. The van der Waals surface area contributed by atoms with Gasteiger partial charge in [-0.05, 0) is 48.6 Å². The van der Waals surface area contributed by atoms with Gasteiger partial charge in [0.1, 0.15) is 0 Å². The van der Waals surface area contributed by atoms with Gasteiger partial charge in [-0.25, -0.2) is 0 Å². The predicted molar refractivity (Wildman–Crippen MR) is 121 cm³/mol. The summed E-state index contributed by atoms with van der Waals surface area (Å²) in [5, 5.41) is 3.58. The first-order chi connectivity index (χ1) is 14.7. The third-order valence-electron chi connectivity index (χ3n) is 7.97.